The molecule has 2 rings (SSSR count). The van der Waals surface area contributed by atoms with E-state index in [2.05, 4.69) is 15.6 Å². The van der Waals surface area contributed by atoms with Crippen LogP contribution in [-0.2, 0) is 0 Å². The van der Waals surface area contributed by atoms with E-state index in [1.54, 1.807) is 6.07 Å². The van der Waals surface area contributed by atoms with E-state index in [4.69, 9.17) is 0 Å². The fraction of sp³-hybridized carbons (Fsp3) is 0.455. The fourth-order valence-electron chi connectivity index (χ4n) is 1.81. The van der Waals surface area contributed by atoms with Crippen molar-refractivity contribution < 1.29 is 4.79 Å². The summed E-state index contributed by atoms with van der Waals surface area (Å²) in [4.78, 5) is 25.2. The van der Waals surface area contributed by atoms with Crippen LogP contribution in [0.2, 0.25) is 0 Å². The van der Waals surface area contributed by atoms with Crippen molar-refractivity contribution in [3.05, 3.63) is 34.2 Å². The average molecular weight is 221 g/mol. The van der Waals surface area contributed by atoms with E-state index in [1.807, 2.05) is 0 Å². The Balaban J connectivity index is 1.90. The third-order valence-corrected chi connectivity index (χ3v) is 2.75. The minimum atomic E-state index is -0.254. The first kappa shape index (κ1) is 10.9. The van der Waals surface area contributed by atoms with Crippen LogP contribution in [0.25, 0.3) is 0 Å². The fourth-order valence-corrected chi connectivity index (χ4v) is 1.81. The molecule has 3 N–H and O–H groups in total. The van der Waals surface area contributed by atoms with Crippen molar-refractivity contribution in [1.82, 2.24) is 15.6 Å². The molecular formula is C11H15N3O2. The molecule has 16 heavy (non-hydrogen) atoms. The van der Waals surface area contributed by atoms with Crippen LogP contribution in [0.15, 0.2) is 23.1 Å². The van der Waals surface area contributed by atoms with Crippen molar-refractivity contribution >= 4 is 5.91 Å². The Morgan fingerprint density at radius 1 is 1.56 bits per heavy atom. The van der Waals surface area contributed by atoms with Gasteiger partial charge in [0, 0.05) is 24.4 Å². The maximum atomic E-state index is 11.7. The molecule has 1 aromatic heterocycles. The van der Waals surface area contributed by atoms with Crippen molar-refractivity contribution in [1.29, 1.82) is 0 Å². The van der Waals surface area contributed by atoms with Crippen molar-refractivity contribution in [2.24, 2.45) is 5.92 Å². The number of aromatic amines is 1. The summed E-state index contributed by atoms with van der Waals surface area (Å²) in [5.74, 6) is 0.323. The van der Waals surface area contributed by atoms with Gasteiger partial charge in [-0.3, -0.25) is 9.59 Å². The molecule has 0 radical (unpaired) electrons. The molecule has 0 aliphatic carbocycles. The number of aromatic nitrogens is 1. The Bertz CT molecular complexity index is 421. The number of carbonyl (C=O) groups is 1. The highest BCUT2D eigenvalue weighted by Crippen LogP contribution is 2.05. The van der Waals surface area contributed by atoms with Crippen LogP contribution in [0.5, 0.6) is 0 Å². The van der Waals surface area contributed by atoms with Crippen LogP contribution in [0.4, 0.5) is 0 Å². The van der Waals surface area contributed by atoms with Gasteiger partial charge < -0.3 is 15.6 Å². The highest BCUT2D eigenvalue weighted by Gasteiger charge is 2.15. The predicted molar refractivity (Wildman–Crippen MR) is 60.4 cm³/mol. The van der Waals surface area contributed by atoms with Gasteiger partial charge in [-0.05, 0) is 31.5 Å². The molecular weight excluding hydrogens is 206 g/mol. The van der Waals surface area contributed by atoms with Gasteiger partial charge in [0.15, 0.2) is 0 Å². The molecule has 1 fully saturated rings. The molecule has 0 saturated carbocycles. The topological polar surface area (TPSA) is 74.0 Å². The van der Waals surface area contributed by atoms with Gasteiger partial charge in [-0.15, -0.1) is 0 Å². The van der Waals surface area contributed by atoms with Crippen LogP contribution in [0.3, 0.4) is 0 Å². The van der Waals surface area contributed by atoms with Gasteiger partial charge in [0.2, 0.25) is 5.56 Å². The summed E-state index contributed by atoms with van der Waals surface area (Å²) in [6.45, 7) is 2.64. The Hall–Kier alpha value is -1.62. The molecule has 5 nitrogen and oxygen atoms in total. The maximum Gasteiger partial charge on any atom is 0.251 e. The number of hydrogen-bond donors (Lipinski definition) is 3. The molecule has 1 aliphatic rings. The smallest absolute Gasteiger partial charge is 0.251 e. The van der Waals surface area contributed by atoms with E-state index in [0.717, 1.165) is 19.5 Å². The molecule has 1 aromatic rings. The zero-order chi connectivity index (χ0) is 11.4. The number of amides is 1. The van der Waals surface area contributed by atoms with Crippen molar-refractivity contribution in [2.75, 3.05) is 19.6 Å². The van der Waals surface area contributed by atoms with Crippen LogP contribution < -0.4 is 16.2 Å². The van der Waals surface area contributed by atoms with E-state index in [9.17, 15) is 9.59 Å². The predicted octanol–water partition coefficient (Wildman–Crippen LogP) is -0.286. The summed E-state index contributed by atoms with van der Waals surface area (Å²) in [6, 6.07) is 2.91. The number of hydrogen-bond acceptors (Lipinski definition) is 3. The number of rotatable bonds is 3. The Labute approximate surface area is 93.3 Å². The molecule has 1 amide bonds. The molecule has 1 aliphatic heterocycles. The summed E-state index contributed by atoms with van der Waals surface area (Å²) in [7, 11) is 0. The van der Waals surface area contributed by atoms with Crippen LogP contribution >= 0.6 is 0 Å². The van der Waals surface area contributed by atoms with E-state index in [0.29, 0.717) is 18.0 Å². The van der Waals surface area contributed by atoms with E-state index in [1.165, 1.54) is 12.3 Å². The van der Waals surface area contributed by atoms with Crippen molar-refractivity contribution in [2.45, 2.75) is 6.42 Å². The Morgan fingerprint density at radius 2 is 2.44 bits per heavy atom. The molecule has 5 heteroatoms. The van der Waals surface area contributed by atoms with E-state index in [-0.39, 0.29) is 11.5 Å². The van der Waals surface area contributed by atoms with E-state index >= 15 is 0 Å². The average Bonchev–Trinajstić information content (AvgIpc) is 2.78. The summed E-state index contributed by atoms with van der Waals surface area (Å²) >= 11 is 0. The van der Waals surface area contributed by atoms with Crippen LogP contribution in [-0.4, -0.2) is 30.5 Å². The molecule has 2 heterocycles. The van der Waals surface area contributed by atoms with Crippen LogP contribution in [0.1, 0.15) is 16.8 Å². The molecule has 86 valence electrons. The first-order valence-electron chi connectivity index (χ1n) is 5.43. The summed E-state index contributed by atoms with van der Waals surface area (Å²) < 4.78 is 0. The lowest BCUT2D eigenvalue weighted by molar-refractivity contribution is 0.0948. The van der Waals surface area contributed by atoms with Gasteiger partial charge in [0.25, 0.3) is 5.91 Å². The van der Waals surface area contributed by atoms with Gasteiger partial charge in [-0.25, -0.2) is 0 Å². The first-order chi connectivity index (χ1) is 7.75. The van der Waals surface area contributed by atoms with Gasteiger partial charge in [-0.2, -0.15) is 0 Å². The molecule has 1 unspecified atom stereocenters. The lowest BCUT2D eigenvalue weighted by Gasteiger charge is -2.09. The molecule has 0 spiro atoms. The van der Waals surface area contributed by atoms with Crippen molar-refractivity contribution in [3.8, 4) is 0 Å². The first-order valence-corrected chi connectivity index (χ1v) is 5.43. The zero-order valence-corrected chi connectivity index (χ0v) is 8.95. The molecule has 1 saturated heterocycles. The lowest BCUT2D eigenvalue weighted by Crippen LogP contribution is -2.30. The third-order valence-electron chi connectivity index (χ3n) is 2.75. The highest BCUT2D eigenvalue weighted by atomic mass is 16.2. The Morgan fingerprint density at radius 3 is 3.12 bits per heavy atom. The normalized spacial score (nSPS) is 19.6. The van der Waals surface area contributed by atoms with Gasteiger partial charge in [-0.1, -0.05) is 0 Å². The second-order valence-electron chi connectivity index (χ2n) is 4.01. The Kier molecular flexibility index (Phi) is 3.36. The van der Waals surface area contributed by atoms with E-state index < -0.39 is 0 Å². The number of nitrogens with one attached hydrogen (secondary N) is 3. The highest BCUT2D eigenvalue weighted by molar-refractivity contribution is 5.93. The zero-order valence-electron chi connectivity index (χ0n) is 8.95. The quantitative estimate of drug-likeness (QED) is 0.657. The van der Waals surface area contributed by atoms with Gasteiger partial charge in [0.1, 0.15) is 0 Å². The molecule has 0 aromatic carbocycles. The summed E-state index contributed by atoms with van der Waals surface area (Å²) in [5, 5.41) is 6.08. The monoisotopic (exact) mass is 221 g/mol. The number of carbonyl (C=O) groups excluding carboxylic acids is 1. The van der Waals surface area contributed by atoms with Crippen LogP contribution in [0, 0.1) is 5.92 Å². The second kappa shape index (κ2) is 4.94. The molecule has 1 atom stereocenters. The number of H-pyrrole nitrogens is 1. The van der Waals surface area contributed by atoms with Crippen molar-refractivity contribution in [3.63, 3.8) is 0 Å². The standard InChI is InChI=1S/C11H15N3O2/c15-10-5-9(2-4-13-10)11(16)14-7-8-1-3-12-6-8/h2,4-5,8,12H,1,3,6-7H2,(H,13,15)(H,14,16). The second-order valence-corrected chi connectivity index (χ2v) is 4.01. The number of pyridine rings is 1. The minimum absolute atomic E-state index is 0.182. The third kappa shape index (κ3) is 2.70. The maximum absolute atomic E-state index is 11.7. The van der Waals surface area contributed by atoms with Gasteiger partial charge in [0.05, 0.1) is 0 Å². The summed E-state index contributed by atoms with van der Waals surface area (Å²) in [5.41, 5.74) is 0.157. The SMILES string of the molecule is O=C(NCC1CCNC1)c1cc[nH]c(=O)c1. The largest absolute Gasteiger partial charge is 0.352 e. The molecule has 0 bridgehead atoms. The minimum Gasteiger partial charge on any atom is -0.352 e. The van der Waals surface area contributed by atoms with Gasteiger partial charge >= 0.3 is 0 Å². The lowest BCUT2D eigenvalue weighted by atomic mass is 10.1. The summed E-state index contributed by atoms with van der Waals surface area (Å²) in [6.07, 6.45) is 2.57.